The summed E-state index contributed by atoms with van der Waals surface area (Å²) in [6, 6.07) is 3.58. The number of aromatic hydroxyl groups is 1. The van der Waals surface area contributed by atoms with E-state index in [-0.39, 0.29) is 12.3 Å². The highest BCUT2D eigenvalue weighted by Crippen LogP contribution is 2.22. The average Bonchev–Trinajstić information content (AvgIpc) is 2.13. The van der Waals surface area contributed by atoms with E-state index < -0.39 is 6.43 Å². The van der Waals surface area contributed by atoms with E-state index in [1.807, 2.05) is 0 Å². The number of aryl methyl sites for hydroxylation is 2. The van der Waals surface area contributed by atoms with Gasteiger partial charge >= 0.3 is 0 Å². The minimum Gasteiger partial charge on any atom is -0.507 e. The molecule has 15 heavy (non-hydrogen) atoms. The van der Waals surface area contributed by atoms with Crippen LogP contribution in [0.5, 0.6) is 5.75 Å². The monoisotopic (exact) mass is 215 g/mol. The average molecular weight is 215 g/mol. The highest BCUT2D eigenvalue weighted by Gasteiger charge is 2.04. The number of hydrogen-bond donors (Lipinski definition) is 2. The Morgan fingerprint density at radius 2 is 1.80 bits per heavy atom. The summed E-state index contributed by atoms with van der Waals surface area (Å²) >= 11 is 0. The number of rotatable bonds is 4. The van der Waals surface area contributed by atoms with Crippen LogP contribution in [-0.4, -0.2) is 18.1 Å². The molecule has 0 spiro atoms. The molecule has 0 atom stereocenters. The van der Waals surface area contributed by atoms with Gasteiger partial charge in [-0.3, -0.25) is 0 Å². The van der Waals surface area contributed by atoms with Crippen LogP contribution in [0.25, 0.3) is 0 Å². The van der Waals surface area contributed by atoms with Gasteiger partial charge in [-0.25, -0.2) is 8.78 Å². The van der Waals surface area contributed by atoms with Crippen molar-refractivity contribution in [2.24, 2.45) is 0 Å². The molecule has 1 aromatic carbocycles. The van der Waals surface area contributed by atoms with Gasteiger partial charge in [0, 0.05) is 6.54 Å². The van der Waals surface area contributed by atoms with E-state index in [1.165, 1.54) is 0 Å². The zero-order valence-corrected chi connectivity index (χ0v) is 8.85. The number of benzene rings is 1. The van der Waals surface area contributed by atoms with Gasteiger partial charge in [-0.1, -0.05) is 12.1 Å². The molecule has 0 aromatic heterocycles. The van der Waals surface area contributed by atoms with Gasteiger partial charge in [0.1, 0.15) is 5.75 Å². The van der Waals surface area contributed by atoms with Crippen LogP contribution in [0, 0.1) is 13.8 Å². The number of halogens is 2. The lowest BCUT2D eigenvalue weighted by Gasteiger charge is -2.08. The Bertz CT molecular complexity index is 316. The molecule has 0 radical (unpaired) electrons. The lowest BCUT2D eigenvalue weighted by atomic mass is 10.1. The van der Waals surface area contributed by atoms with Crippen molar-refractivity contribution in [1.29, 1.82) is 0 Å². The highest BCUT2D eigenvalue weighted by molar-refractivity contribution is 5.42. The van der Waals surface area contributed by atoms with Gasteiger partial charge in [-0.15, -0.1) is 0 Å². The summed E-state index contributed by atoms with van der Waals surface area (Å²) in [5.41, 5.74) is 2.44. The first-order valence-corrected chi connectivity index (χ1v) is 4.78. The Morgan fingerprint density at radius 3 is 2.27 bits per heavy atom. The first-order valence-electron chi connectivity index (χ1n) is 4.78. The molecule has 0 aliphatic heterocycles. The van der Waals surface area contributed by atoms with E-state index in [0.717, 1.165) is 16.7 Å². The molecular formula is C11H15F2NO. The summed E-state index contributed by atoms with van der Waals surface area (Å²) in [5, 5.41) is 12.1. The van der Waals surface area contributed by atoms with Crippen LogP contribution in [-0.2, 0) is 6.54 Å². The maximum atomic E-state index is 11.9. The Hall–Kier alpha value is -1.16. The van der Waals surface area contributed by atoms with Crippen molar-refractivity contribution in [3.05, 3.63) is 28.8 Å². The van der Waals surface area contributed by atoms with E-state index in [0.29, 0.717) is 6.54 Å². The van der Waals surface area contributed by atoms with Gasteiger partial charge in [0.25, 0.3) is 6.43 Å². The molecular weight excluding hydrogens is 200 g/mol. The van der Waals surface area contributed by atoms with E-state index in [4.69, 9.17) is 0 Å². The van der Waals surface area contributed by atoms with E-state index in [2.05, 4.69) is 5.32 Å². The van der Waals surface area contributed by atoms with Gasteiger partial charge in [0.15, 0.2) is 0 Å². The van der Waals surface area contributed by atoms with Gasteiger partial charge < -0.3 is 10.4 Å². The van der Waals surface area contributed by atoms with Crippen LogP contribution in [0.1, 0.15) is 16.7 Å². The third-order valence-corrected chi connectivity index (χ3v) is 2.18. The minimum absolute atomic E-state index is 0.271. The molecule has 1 rings (SSSR count). The highest BCUT2D eigenvalue weighted by atomic mass is 19.3. The van der Waals surface area contributed by atoms with Crippen molar-refractivity contribution < 1.29 is 13.9 Å². The molecule has 2 N–H and O–H groups in total. The van der Waals surface area contributed by atoms with Crippen LogP contribution in [0.2, 0.25) is 0 Å². The van der Waals surface area contributed by atoms with Crippen LogP contribution in [0.3, 0.4) is 0 Å². The topological polar surface area (TPSA) is 32.3 Å². The molecule has 0 bridgehead atoms. The maximum Gasteiger partial charge on any atom is 0.250 e. The number of phenolic OH excluding ortho intramolecular Hbond substituents is 1. The Kier molecular flexibility index (Phi) is 4.03. The first kappa shape index (κ1) is 11.9. The van der Waals surface area contributed by atoms with Crippen molar-refractivity contribution in [2.45, 2.75) is 26.8 Å². The second-order valence-electron chi connectivity index (χ2n) is 3.60. The molecule has 0 amide bonds. The molecule has 4 heteroatoms. The SMILES string of the molecule is Cc1cc(CNCC(F)F)cc(C)c1O. The van der Waals surface area contributed by atoms with Crippen molar-refractivity contribution in [2.75, 3.05) is 6.54 Å². The number of alkyl halides is 2. The zero-order valence-electron chi connectivity index (χ0n) is 8.85. The molecule has 0 unspecified atom stereocenters. The Morgan fingerprint density at radius 1 is 1.27 bits per heavy atom. The minimum atomic E-state index is -2.33. The normalized spacial score (nSPS) is 11.0. The molecule has 0 aliphatic carbocycles. The van der Waals surface area contributed by atoms with Gasteiger partial charge in [-0.05, 0) is 30.5 Å². The van der Waals surface area contributed by atoms with Crippen LogP contribution in [0.15, 0.2) is 12.1 Å². The predicted molar refractivity (Wildman–Crippen MR) is 55.3 cm³/mol. The Labute approximate surface area is 87.9 Å². The van der Waals surface area contributed by atoms with Crippen LogP contribution >= 0.6 is 0 Å². The number of hydrogen-bond acceptors (Lipinski definition) is 2. The number of nitrogens with one attached hydrogen (secondary N) is 1. The summed E-state index contributed by atoms with van der Waals surface area (Å²) in [6.07, 6.45) is -2.33. The molecule has 0 fully saturated rings. The summed E-state index contributed by atoms with van der Waals surface area (Å²) < 4.78 is 23.7. The molecule has 2 nitrogen and oxygen atoms in total. The van der Waals surface area contributed by atoms with Gasteiger partial charge in [0.2, 0.25) is 0 Å². The third-order valence-electron chi connectivity index (χ3n) is 2.18. The standard InChI is InChI=1S/C11H15F2NO/c1-7-3-9(4-8(2)11(7)15)5-14-6-10(12)13/h3-4,10,14-15H,5-6H2,1-2H3. The van der Waals surface area contributed by atoms with Gasteiger partial charge in [-0.2, -0.15) is 0 Å². The smallest absolute Gasteiger partial charge is 0.250 e. The van der Waals surface area contributed by atoms with Crippen LogP contribution in [0.4, 0.5) is 8.78 Å². The van der Waals surface area contributed by atoms with Crippen molar-refractivity contribution in [1.82, 2.24) is 5.32 Å². The lowest BCUT2D eigenvalue weighted by molar-refractivity contribution is 0.145. The van der Waals surface area contributed by atoms with Crippen molar-refractivity contribution in [3.8, 4) is 5.75 Å². The summed E-state index contributed by atoms with van der Waals surface area (Å²) in [7, 11) is 0. The fourth-order valence-electron chi connectivity index (χ4n) is 1.47. The molecule has 0 saturated carbocycles. The Balaban J connectivity index is 2.63. The van der Waals surface area contributed by atoms with Crippen molar-refractivity contribution in [3.63, 3.8) is 0 Å². The lowest BCUT2D eigenvalue weighted by Crippen LogP contribution is -2.20. The fraction of sp³-hybridized carbons (Fsp3) is 0.455. The first-order chi connectivity index (χ1) is 7.00. The summed E-state index contributed by atoms with van der Waals surface area (Å²) in [6.45, 7) is 3.67. The molecule has 0 saturated heterocycles. The zero-order chi connectivity index (χ0) is 11.4. The largest absolute Gasteiger partial charge is 0.507 e. The van der Waals surface area contributed by atoms with E-state index in [1.54, 1.807) is 26.0 Å². The predicted octanol–water partition coefficient (Wildman–Crippen LogP) is 2.36. The molecule has 0 aliphatic rings. The van der Waals surface area contributed by atoms with Crippen LogP contribution < -0.4 is 5.32 Å². The van der Waals surface area contributed by atoms with Gasteiger partial charge in [0.05, 0.1) is 6.54 Å². The quantitative estimate of drug-likeness (QED) is 0.808. The molecule has 84 valence electrons. The fourth-order valence-corrected chi connectivity index (χ4v) is 1.47. The molecule has 1 aromatic rings. The van der Waals surface area contributed by atoms with E-state index in [9.17, 15) is 13.9 Å². The molecule has 0 heterocycles. The second kappa shape index (κ2) is 5.07. The van der Waals surface area contributed by atoms with E-state index >= 15 is 0 Å². The third kappa shape index (κ3) is 3.47. The summed E-state index contributed by atoms with van der Waals surface area (Å²) in [5.74, 6) is 0.271. The maximum absolute atomic E-state index is 11.9. The number of phenols is 1. The van der Waals surface area contributed by atoms with Crippen molar-refractivity contribution >= 4 is 0 Å². The second-order valence-corrected chi connectivity index (χ2v) is 3.60. The summed E-state index contributed by atoms with van der Waals surface area (Å²) in [4.78, 5) is 0.